The summed E-state index contributed by atoms with van der Waals surface area (Å²) in [7, 11) is 0. The fourth-order valence-corrected chi connectivity index (χ4v) is 4.42. The van der Waals surface area contributed by atoms with Crippen LogP contribution in [0.15, 0.2) is 6.07 Å². The topological polar surface area (TPSA) is 75.8 Å². The van der Waals surface area contributed by atoms with Crippen LogP contribution in [0.5, 0.6) is 0 Å². The molecular formula is C17H23N5O2. The normalized spacial score (nSPS) is 28.7. The molecule has 2 aromatic rings. The van der Waals surface area contributed by atoms with E-state index in [0.29, 0.717) is 19.1 Å². The maximum atomic E-state index is 10.0. The Balaban J connectivity index is 1.35. The van der Waals surface area contributed by atoms with Crippen LogP contribution in [0.25, 0.3) is 5.65 Å². The molecule has 3 aliphatic rings. The summed E-state index contributed by atoms with van der Waals surface area (Å²) in [5.74, 6) is 1.39. The summed E-state index contributed by atoms with van der Waals surface area (Å²) < 4.78 is 7.36. The maximum absolute atomic E-state index is 10.0. The number of likely N-dealkylation sites (tertiary alicyclic amines) is 1. The average molecular weight is 329 g/mol. The molecule has 2 fully saturated rings. The lowest BCUT2D eigenvalue weighted by molar-refractivity contribution is 0.0655. The minimum Gasteiger partial charge on any atom is -0.389 e. The SMILES string of the molecule is OC1COCC1N1CCC(c2nnc3cc4c(nn23)CCC4)CC1. The van der Waals surface area contributed by atoms with Gasteiger partial charge in [0, 0.05) is 5.92 Å². The van der Waals surface area contributed by atoms with Crippen molar-refractivity contribution in [2.24, 2.45) is 0 Å². The Hall–Kier alpha value is -1.57. The van der Waals surface area contributed by atoms with E-state index in [2.05, 4.69) is 21.2 Å². The third-order valence-corrected chi connectivity index (χ3v) is 5.83. The highest BCUT2D eigenvalue weighted by atomic mass is 16.5. The van der Waals surface area contributed by atoms with E-state index < -0.39 is 0 Å². The molecule has 2 saturated heterocycles. The van der Waals surface area contributed by atoms with Crippen molar-refractivity contribution in [3.63, 3.8) is 0 Å². The zero-order chi connectivity index (χ0) is 16.1. The summed E-state index contributed by atoms with van der Waals surface area (Å²) in [5, 5.41) is 23.6. The Morgan fingerprint density at radius 3 is 2.79 bits per heavy atom. The second-order valence-corrected chi connectivity index (χ2v) is 7.28. The number of piperidine rings is 1. The molecule has 2 unspecified atom stereocenters. The van der Waals surface area contributed by atoms with Crippen LogP contribution in [0.1, 0.15) is 42.3 Å². The van der Waals surface area contributed by atoms with Crippen molar-refractivity contribution < 1.29 is 9.84 Å². The predicted octanol–water partition coefficient (Wildman–Crippen LogP) is 0.552. The number of hydrogen-bond donors (Lipinski definition) is 1. The van der Waals surface area contributed by atoms with Crippen molar-refractivity contribution in [1.82, 2.24) is 24.7 Å². The molecule has 128 valence electrons. The average Bonchev–Trinajstić information content (AvgIpc) is 3.32. The number of aliphatic hydroxyl groups is 1. The molecule has 2 atom stereocenters. The maximum Gasteiger partial charge on any atom is 0.178 e. The standard InChI is InChI=1S/C17H23N5O2/c23-15-10-24-9-14(15)21-6-4-11(5-7-21)17-19-18-16-8-12-2-1-3-13(12)20-22(16)17/h8,11,14-15,23H,1-7,9-10H2. The first kappa shape index (κ1) is 14.7. The largest absolute Gasteiger partial charge is 0.389 e. The lowest BCUT2D eigenvalue weighted by atomic mass is 9.94. The Morgan fingerprint density at radius 2 is 2.00 bits per heavy atom. The van der Waals surface area contributed by atoms with Crippen LogP contribution in [0.2, 0.25) is 0 Å². The van der Waals surface area contributed by atoms with E-state index in [1.165, 1.54) is 17.7 Å². The summed E-state index contributed by atoms with van der Waals surface area (Å²) in [6, 6.07) is 2.31. The Bertz CT molecular complexity index is 753. The highest BCUT2D eigenvalue weighted by Gasteiger charge is 2.35. The molecule has 0 amide bonds. The number of aliphatic hydroxyl groups excluding tert-OH is 1. The second kappa shape index (κ2) is 5.75. The summed E-state index contributed by atoms with van der Waals surface area (Å²) in [6.07, 6.45) is 5.10. The van der Waals surface area contributed by atoms with Crippen molar-refractivity contribution in [3.05, 3.63) is 23.1 Å². The van der Waals surface area contributed by atoms with Gasteiger partial charge in [0.25, 0.3) is 0 Å². The van der Waals surface area contributed by atoms with Gasteiger partial charge in [-0.3, -0.25) is 4.90 Å². The molecule has 7 heteroatoms. The zero-order valence-corrected chi connectivity index (χ0v) is 13.8. The number of fused-ring (bicyclic) bond motifs is 2. The van der Waals surface area contributed by atoms with Gasteiger partial charge in [-0.15, -0.1) is 10.2 Å². The van der Waals surface area contributed by atoms with Gasteiger partial charge < -0.3 is 9.84 Å². The first-order valence-electron chi connectivity index (χ1n) is 9.03. The van der Waals surface area contributed by atoms with Gasteiger partial charge in [-0.25, -0.2) is 0 Å². The molecule has 2 aromatic heterocycles. The molecule has 2 aliphatic heterocycles. The minimum absolute atomic E-state index is 0.155. The quantitative estimate of drug-likeness (QED) is 0.867. The Morgan fingerprint density at radius 1 is 1.12 bits per heavy atom. The number of hydrogen-bond acceptors (Lipinski definition) is 6. The number of nitrogens with zero attached hydrogens (tertiary/aromatic N) is 5. The fraction of sp³-hybridized carbons (Fsp3) is 0.706. The molecule has 0 saturated carbocycles. The van der Waals surface area contributed by atoms with Crippen molar-refractivity contribution in [2.45, 2.75) is 50.2 Å². The third-order valence-electron chi connectivity index (χ3n) is 5.83. The monoisotopic (exact) mass is 329 g/mol. The van der Waals surface area contributed by atoms with Crippen molar-refractivity contribution >= 4 is 5.65 Å². The lowest BCUT2D eigenvalue weighted by Gasteiger charge is -2.35. The lowest BCUT2D eigenvalue weighted by Crippen LogP contribution is -2.46. The van der Waals surface area contributed by atoms with Gasteiger partial charge in [-0.05, 0) is 56.8 Å². The second-order valence-electron chi connectivity index (χ2n) is 7.28. The van der Waals surface area contributed by atoms with Crippen LogP contribution in [0.4, 0.5) is 0 Å². The molecule has 1 N–H and O–H groups in total. The van der Waals surface area contributed by atoms with Gasteiger partial charge in [0.1, 0.15) is 0 Å². The molecule has 24 heavy (non-hydrogen) atoms. The summed E-state index contributed by atoms with van der Waals surface area (Å²) in [5.41, 5.74) is 3.44. The molecule has 0 aromatic carbocycles. The third kappa shape index (κ3) is 2.34. The van der Waals surface area contributed by atoms with E-state index in [1.54, 1.807) is 0 Å². The molecule has 0 bridgehead atoms. The van der Waals surface area contributed by atoms with Crippen LogP contribution in [-0.4, -0.2) is 68.3 Å². The number of rotatable bonds is 2. The van der Waals surface area contributed by atoms with Crippen molar-refractivity contribution in [1.29, 1.82) is 0 Å². The van der Waals surface area contributed by atoms with Crippen molar-refractivity contribution in [3.8, 4) is 0 Å². The predicted molar refractivity (Wildman–Crippen MR) is 87.0 cm³/mol. The van der Waals surface area contributed by atoms with E-state index in [9.17, 15) is 5.11 Å². The molecule has 7 nitrogen and oxygen atoms in total. The smallest absolute Gasteiger partial charge is 0.178 e. The van der Waals surface area contributed by atoms with Gasteiger partial charge >= 0.3 is 0 Å². The van der Waals surface area contributed by atoms with Crippen molar-refractivity contribution in [2.75, 3.05) is 26.3 Å². The molecule has 4 heterocycles. The Labute approximate surface area is 140 Å². The number of aryl methyl sites for hydroxylation is 2. The van der Waals surface area contributed by atoms with E-state index >= 15 is 0 Å². The van der Waals surface area contributed by atoms with Crippen LogP contribution >= 0.6 is 0 Å². The summed E-state index contributed by atoms with van der Waals surface area (Å²) in [4.78, 5) is 2.36. The highest BCUT2D eigenvalue weighted by molar-refractivity contribution is 5.43. The van der Waals surface area contributed by atoms with E-state index in [-0.39, 0.29) is 12.1 Å². The highest BCUT2D eigenvalue weighted by Crippen LogP contribution is 2.30. The van der Waals surface area contributed by atoms with Gasteiger partial charge in [0.15, 0.2) is 11.5 Å². The molecular weight excluding hydrogens is 306 g/mol. The first-order valence-corrected chi connectivity index (χ1v) is 9.03. The number of aromatic nitrogens is 4. The van der Waals surface area contributed by atoms with Crippen LogP contribution in [-0.2, 0) is 17.6 Å². The summed E-state index contributed by atoms with van der Waals surface area (Å²) >= 11 is 0. The number of ether oxygens (including phenoxy) is 1. The van der Waals surface area contributed by atoms with Crippen LogP contribution < -0.4 is 0 Å². The first-order chi connectivity index (χ1) is 11.8. The van der Waals surface area contributed by atoms with Crippen LogP contribution in [0.3, 0.4) is 0 Å². The molecule has 5 rings (SSSR count). The fourth-order valence-electron chi connectivity index (χ4n) is 4.42. The minimum atomic E-state index is -0.347. The molecule has 0 radical (unpaired) electrons. The Kier molecular flexibility index (Phi) is 3.53. The van der Waals surface area contributed by atoms with E-state index in [0.717, 1.165) is 50.2 Å². The molecule has 0 spiro atoms. The van der Waals surface area contributed by atoms with Gasteiger partial charge in [-0.2, -0.15) is 9.61 Å². The van der Waals surface area contributed by atoms with E-state index in [4.69, 9.17) is 9.84 Å². The van der Waals surface area contributed by atoms with Gasteiger partial charge in [-0.1, -0.05) is 0 Å². The van der Waals surface area contributed by atoms with Crippen LogP contribution in [0, 0.1) is 0 Å². The van der Waals surface area contributed by atoms with Gasteiger partial charge in [0.05, 0.1) is 31.1 Å². The van der Waals surface area contributed by atoms with E-state index in [1.807, 2.05) is 4.52 Å². The summed E-state index contributed by atoms with van der Waals surface area (Å²) in [6.45, 7) is 3.05. The molecule has 1 aliphatic carbocycles. The van der Waals surface area contributed by atoms with Gasteiger partial charge in [0.2, 0.25) is 0 Å². The zero-order valence-electron chi connectivity index (χ0n) is 13.8.